The van der Waals surface area contributed by atoms with E-state index in [1.807, 2.05) is 24.3 Å². The molecule has 2 saturated heterocycles. The van der Waals surface area contributed by atoms with Gasteiger partial charge in [-0.15, -0.1) is 0 Å². The van der Waals surface area contributed by atoms with Crippen molar-refractivity contribution in [2.24, 2.45) is 0 Å². The number of rotatable bonds is 3. The SMILES string of the molecule is O=C(c1cccc(N2C(=O)CCS2(=O)=O)c1)N1CCN(c2cccc(Cl)c2)CC1. The van der Waals surface area contributed by atoms with Crippen molar-refractivity contribution in [2.75, 3.05) is 41.1 Å². The van der Waals surface area contributed by atoms with Crippen LogP contribution in [-0.2, 0) is 14.8 Å². The second-order valence-electron chi connectivity index (χ2n) is 7.03. The molecule has 2 fully saturated rings. The minimum absolute atomic E-state index is 0.0357. The van der Waals surface area contributed by atoms with Crippen LogP contribution in [0.3, 0.4) is 0 Å². The van der Waals surface area contributed by atoms with Crippen molar-refractivity contribution in [1.29, 1.82) is 0 Å². The summed E-state index contributed by atoms with van der Waals surface area (Å²) in [4.78, 5) is 28.8. The minimum Gasteiger partial charge on any atom is -0.368 e. The summed E-state index contributed by atoms with van der Waals surface area (Å²) in [6.45, 7) is 2.42. The third-order valence-electron chi connectivity index (χ3n) is 5.15. The monoisotopic (exact) mass is 433 g/mol. The summed E-state index contributed by atoms with van der Waals surface area (Å²) >= 11 is 6.06. The van der Waals surface area contributed by atoms with Gasteiger partial charge in [-0.25, -0.2) is 12.7 Å². The first-order valence-corrected chi connectivity index (χ1v) is 11.3. The lowest BCUT2D eigenvalue weighted by Gasteiger charge is -2.36. The molecule has 7 nitrogen and oxygen atoms in total. The Labute approximate surface area is 174 Å². The maximum absolute atomic E-state index is 12.9. The van der Waals surface area contributed by atoms with Crippen LogP contribution in [0.1, 0.15) is 16.8 Å². The number of carbonyl (C=O) groups is 2. The number of hydrogen-bond donors (Lipinski definition) is 0. The molecule has 152 valence electrons. The van der Waals surface area contributed by atoms with Gasteiger partial charge in [0.05, 0.1) is 11.4 Å². The molecule has 2 aromatic carbocycles. The van der Waals surface area contributed by atoms with Gasteiger partial charge in [0.2, 0.25) is 15.9 Å². The summed E-state index contributed by atoms with van der Waals surface area (Å²) in [5.74, 6) is -0.846. The molecule has 0 aromatic heterocycles. The zero-order chi connectivity index (χ0) is 20.6. The van der Waals surface area contributed by atoms with Gasteiger partial charge in [-0.1, -0.05) is 23.7 Å². The van der Waals surface area contributed by atoms with Crippen LogP contribution in [0.25, 0.3) is 0 Å². The molecular weight excluding hydrogens is 414 g/mol. The van der Waals surface area contributed by atoms with Gasteiger partial charge >= 0.3 is 0 Å². The van der Waals surface area contributed by atoms with Crippen molar-refractivity contribution < 1.29 is 18.0 Å². The van der Waals surface area contributed by atoms with Crippen LogP contribution in [0, 0.1) is 0 Å². The molecule has 2 amide bonds. The maximum Gasteiger partial charge on any atom is 0.254 e. The molecule has 0 aliphatic carbocycles. The number of nitrogens with zero attached hydrogens (tertiary/aromatic N) is 3. The molecule has 0 saturated carbocycles. The highest BCUT2D eigenvalue weighted by Crippen LogP contribution is 2.27. The molecule has 9 heteroatoms. The molecule has 0 unspecified atom stereocenters. The Balaban J connectivity index is 1.48. The summed E-state index contributed by atoms with van der Waals surface area (Å²) in [5.41, 5.74) is 1.61. The molecule has 2 aliphatic rings. The zero-order valence-electron chi connectivity index (χ0n) is 15.6. The van der Waals surface area contributed by atoms with E-state index in [4.69, 9.17) is 11.6 Å². The van der Waals surface area contributed by atoms with Gasteiger partial charge in [0.25, 0.3) is 5.91 Å². The van der Waals surface area contributed by atoms with Crippen LogP contribution in [0.15, 0.2) is 48.5 Å². The number of amides is 2. The highest BCUT2D eigenvalue weighted by atomic mass is 35.5. The summed E-state index contributed by atoms with van der Waals surface area (Å²) < 4.78 is 25.1. The number of sulfonamides is 1. The lowest BCUT2D eigenvalue weighted by Crippen LogP contribution is -2.48. The van der Waals surface area contributed by atoms with E-state index in [0.29, 0.717) is 36.8 Å². The molecule has 29 heavy (non-hydrogen) atoms. The van der Waals surface area contributed by atoms with Crippen molar-refractivity contribution in [2.45, 2.75) is 6.42 Å². The number of carbonyl (C=O) groups excluding carboxylic acids is 2. The van der Waals surface area contributed by atoms with Gasteiger partial charge in [0, 0.05) is 48.9 Å². The Morgan fingerprint density at radius 3 is 2.28 bits per heavy atom. The summed E-state index contributed by atoms with van der Waals surface area (Å²) in [7, 11) is -3.66. The summed E-state index contributed by atoms with van der Waals surface area (Å²) in [6, 6.07) is 13.9. The van der Waals surface area contributed by atoms with E-state index in [1.165, 1.54) is 12.1 Å². The second kappa shape index (κ2) is 7.68. The Bertz CT molecular complexity index is 1060. The second-order valence-corrected chi connectivity index (χ2v) is 9.41. The third kappa shape index (κ3) is 3.95. The smallest absolute Gasteiger partial charge is 0.254 e. The van der Waals surface area contributed by atoms with Crippen molar-refractivity contribution in [3.05, 3.63) is 59.1 Å². The van der Waals surface area contributed by atoms with Gasteiger partial charge in [0.1, 0.15) is 0 Å². The van der Waals surface area contributed by atoms with Gasteiger partial charge in [-0.05, 0) is 36.4 Å². The van der Waals surface area contributed by atoms with E-state index >= 15 is 0 Å². The largest absolute Gasteiger partial charge is 0.368 e. The zero-order valence-corrected chi connectivity index (χ0v) is 17.2. The lowest BCUT2D eigenvalue weighted by atomic mass is 10.1. The highest BCUT2D eigenvalue weighted by molar-refractivity contribution is 7.94. The predicted molar refractivity (Wildman–Crippen MR) is 112 cm³/mol. The van der Waals surface area contributed by atoms with E-state index < -0.39 is 15.9 Å². The molecule has 0 atom stereocenters. The van der Waals surface area contributed by atoms with Crippen molar-refractivity contribution in [3.63, 3.8) is 0 Å². The van der Waals surface area contributed by atoms with Crippen LogP contribution in [0.2, 0.25) is 5.02 Å². The van der Waals surface area contributed by atoms with E-state index in [-0.39, 0.29) is 23.8 Å². The van der Waals surface area contributed by atoms with Crippen LogP contribution in [0.4, 0.5) is 11.4 Å². The van der Waals surface area contributed by atoms with Gasteiger partial charge < -0.3 is 9.80 Å². The van der Waals surface area contributed by atoms with Gasteiger partial charge in [-0.3, -0.25) is 9.59 Å². The van der Waals surface area contributed by atoms with Crippen LogP contribution < -0.4 is 9.21 Å². The van der Waals surface area contributed by atoms with Gasteiger partial charge in [0.15, 0.2) is 0 Å². The maximum atomic E-state index is 12.9. The molecule has 0 bridgehead atoms. The molecule has 2 aliphatic heterocycles. The van der Waals surface area contributed by atoms with Crippen LogP contribution in [-0.4, -0.2) is 57.1 Å². The topological polar surface area (TPSA) is 78.0 Å². The number of hydrogen-bond acceptors (Lipinski definition) is 5. The predicted octanol–water partition coefficient (Wildman–Crippen LogP) is 2.37. The Morgan fingerprint density at radius 1 is 0.931 bits per heavy atom. The van der Waals surface area contributed by atoms with Crippen molar-refractivity contribution in [1.82, 2.24) is 4.90 Å². The molecule has 4 rings (SSSR count). The first-order valence-electron chi connectivity index (χ1n) is 9.31. The number of benzene rings is 2. The van der Waals surface area contributed by atoms with E-state index in [1.54, 1.807) is 17.0 Å². The van der Waals surface area contributed by atoms with Crippen LogP contribution in [0.5, 0.6) is 0 Å². The molecule has 2 aromatic rings. The quantitative estimate of drug-likeness (QED) is 0.742. The Morgan fingerprint density at radius 2 is 1.62 bits per heavy atom. The Hall–Kier alpha value is -2.58. The molecule has 0 N–H and O–H groups in total. The standard InChI is InChI=1S/C20H20ClN3O4S/c21-16-4-2-5-17(14-16)22-8-10-23(11-9-22)20(26)15-3-1-6-18(13-15)24-19(25)7-12-29(24,27)28/h1-6,13-14H,7-12H2. The summed E-state index contributed by atoms with van der Waals surface area (Å²) in [5, 5.41) is 0.671. The highest BCUT2D eigenvalue weighted by Gasteiger charge is 2.36. The van der Waals surface area contributed by atoms with Crippen molar-refractivity contribution >= 4 is 44.8 Å². The average molecular weight is 434 g/mol. The Kier molecular flexibility index (Phi) is 5.23. The summed E-state index contributed by atoms with van der Waals surface area (Å²) in [6.07, 6.45) is -0.0357. The van der Waals surface area contributed by atoms with E-state index in [2.05, 4.69) is 4.90 Å². The average Bonchev–Trinajstić information content (AvgIpc) is 3.00. The molecule has 2 heterocycles. The normalized spacial score (nSPS) is 18.9. The minimum atomic E-state index is -3.66. The van der Waals surface area contributed by atoms with Crippen molar-refractivity contribution in [3.8, 4) is 0 Å². The number of halogens is 1. The van der Waals surface area contributed by atoms with E-state index in [0.717, 1.165) is 9.99 Å². The fourth-order valence-corrected chi connectivity index (χ4v) is 5.29. The van der Waals surface area contributed by atoms with Crippen LogP contribution >= 0.6 is 11.6 Å². The lowest BCUT2D eigenvalue weighted by molar-refractivity contribution is -0.116. The third-order valence-corrected chi connectivity index (χ3v) is 7.07. The first-order chi connectivity index (χ1) is 13.8. The van der Waals surface area contributed by atoms with E-state index in [9.17, 15) is 18.0 Å². The molecular formula is C20H20ClN3O4S. The number of piperazine rings is 1. The first kappa shape index (κ1) is 19.7. The fraction of sp³-hybridized carbons (Fsp3) is 0.300. The van der Waals surface area contributed by atoms with Gasteiger partial charge in [-0.2, -0.15) is 0 Å². The number of anilines is 2. The molecule has 0 radical (unpaired) electrons. The fourth-order valence-electron chi connectivity index (χ4n) is 3.66. The molecule has 0 spiro atoms.